The molecule has 8 nitrogen and oxygen atoms in total. The van der Waals surface area contributed by atoms with E-state index in [1.54, 1.807) is 32.9 Å². The van der Waals surface area contributed by atoms with Crippen molar-refractivity contribution >= 4 is 17.6 Å². The third kappa shape index (κ3) is 9.31. The Labute approximate surface area is 228 Å². The lowest BCUT2D eigenvalue weighted by Gasteiger charge is -2.24. The molecule has 0 saturated heterocycles. The van der Waals surface area contributed by atoms with Gasteiger partial charge in [-0.25, -0.2) is 4.79 Å². The smallest absolute Gasteiger partial charge is 0.329 e. The third-order valence-electron chi connectivity index (χ3n) is 5.71. The number of ether oxygens (including phenoxy) is 1. The number of hydrogen-bond acceptors (Lipinski definition) is 6. The minimum atomic E-state index is -0.880. The van der Waals surface area contributed by atoms with Crippen LogP contribution in [0.15, 0.2) is 72.8 Å². The summed E-state index contributed by atoms with van der Waals surface area (Å²) < 4.78 is 5.54. The SMILES string of the molecule is CC(C)(C)OC(=O)C(CCCCc1ccccc1)NC(=O)c1ccc([N+](=O)[O-])c(C#Cc2ccc(O)cc2)c1. The molecule has 0 aliphatic heterocycles. The van der Waals surface area contributed by atoms with E-state index < -0.39 is 28.4 Å². The summed E-state index contributed by atoms with van der Waals surface area (Å²) in [6.07, 6.45) is 2.74. The highest BCUT2D eigenvalue weighted by atomic mass is 16.6. The maximum atomic E-state index is 13.2. The first-order valence-corrected chi connectivity index (χ1v) is 12.7. The number of carbonyl (C=O) groups is 2. The van der Waals surface area contributed by atoms with E-state index in [-0.39, 0.29) is 22.6 Å². The van der Waals surface area contributed by atoms with Gasteiger partial charge in [-0.15, -0.1) is 0 Å². The van der Waals surface area contributed by atoms with Crippen LogP contribution in [-0.4, -0.2) is 33.5 Å². The van der Waals surface area contributed by atoms with Gasteiger partial charge < -0.3 is 15.2 Å². The predicted octanol–water partition coefficient (Wildman–Crippen LogP) is 5.55. The number of nitro groups is 1. The van der Waals surface area contributed by atoms with Crippen LogP contribution in [-0.2, 0) is 16.0 Å². The van der Waals surface area contributed by atoms with Gasteiger partial charge in [-0.3, -0.25) is 14.9 Å². The van der Waals surface area contributed by atoms with E-state index in [9.17, 15) is 24.8 Å². The van der Waals surface area contributed by atoms with E-state index in [1.807, 2.05) is 30.3 Å². The summed E-state index contributed by atoms with van der Waals surface area (Å²) >= 11 is 0. The van der Waals surface area contributed by atoms with Crippen molar-refractivity contribution in [2.24, 2.45) is 0 Å². The minimum Gasteiger partial charge on any atom is -0.508 e. The fourth-order valence-corrected chi connectivity index (χ4v) is 3.81. The lowest BCUT2D eigenvalue weighted by atomic mass is 10.0. The molecule has 0 saturated carbocycles. The Morgan fingerprint density at radius 3 is 2.33 bits per heavy atom. The van der Waals surface area contributed by atoms with Crippen molar-refractivity contribution in [3.8, 4) is 17.6 Å². The molecule has 0 spiro atoms. The van der Waals surface area contributed by atoms with Crippen molar-refractivity contribution < 1.29 is 24.4 Å². The number of benzene rings is 3. The number of unbranched alkanes of at least 4 members (excludes halogenated alkanes) is 1. The number of amides is 1. The molecule has 0 aliphatic carbocycles. The number of phenols is 1. The van der Waals surface area contributed by atoms with Crippen LogP contribution in [0.1, 0.15) is 67.1 Å². The second kappa shape index (κ2) is 13.2. The molecule has 202 valence electrons. The number of carbonyl (C=O) groups excluding carboxylic acids is 2. The highest BCUT2D eigenvalue weighted by Gasteiger charge is 2.27. The second-order valence-electron chi connectivity index (χ2n) is 10.1. The fourth-order valence-electron chi connectivity index (χ4n) is 3.81. The molecule has 2 N–H and O–H groups in total. The lowest BCUT2D eigenvalue weighted by Crippen LogP contribution is -2.44. The quantitative estimate of drug-likeness (QED) is 0.124. The summed E-state index contributed by atoms with van der Waals surface area (Å²) in [5.41, 5.74) is 0.946. The first-order valence-electron chi connectivity index (χ1n) is 12.7. The normalized spacial score (nSPS) is 11.6. The zero-order valence-corrected chi connectivity index (χ0v) is 22.3. The molecule has 1 amide bonds. The molecule has 3 aromatic carbocycles. The number of phenolic OH excluding ortho intramolecular Hbond substituents is 1. The van der Waals surface area contributed by atoms with Gasteiger partial charge >= 0.3 is 5.97 Å². The molecule has 0 heterocycles. The van der Waals surface area contributed by atoms with Gasteiger partial charge in [0.25, 0.3) is 11.6 Å². The van der Waals surface area contributed by atoms with E-state index >= 15 is 0 Å². The summed E-state index contributed by atoms with van der Waals surface area (Å²) in [5, 5.41) is 23.7. The van der Waals surface area contributed by atoms with Crippen LogP contribution in [0.2, 0.25) is 0 Å². The van der Waals surface area contributed by atoms with Gasteiger partial charge in [-0.05, 0) is 82.0 Å². The van der Waals surface area contributed by atoms with E-state index in [0.717, 1.165) is 12.8 Å². The molecule has 39 heavy (non-hydrogen) atoms. The van der Waals surface area contributed by atoms with E-state index in [2.05, 4.69) is 17.2 Å². The maximum Gasteiger partial charge on any atom is 0.329 e. The number of esters is 1. The molecule has 3 aromatic rings. The van der Waals surface area contributed by atoms with Gasteiger partial charge in [0.05, 0.1) is 4.92 Å². The number of rotatable bonds is 9. The highest BCUT2D eigenvalue weighted by molar-refractivity contribution is 5.97. The molecule has 1 atom stereocenters. The first kappa shape index (κ1) is 28.9. The molecule has 3 rings (SSSR count). The zero-order valence-electron chi connectivity index (χ0n) is 22.3. The van der Waals surface area contributed by atoms with Crippen molar-refractivity contribution in [3.05, 3.63) is 105 Å². The van der Waals surface area contributed by atoms with Crippen LogP contribution in [0.3, 0.4) is 0 Å². The van der Waals surface area contributed by atoms with Crippen molar-refractivity contribution in [3.63, 3.8) is 0 Å². The molecule has 8 heteroatoms. The molecule has 0 aliphatic rings. The number of aromatic hydroxyl groups is 1. The third-order valence-corrected chi connectivity index (χ3v) is 5.71. The fraction of sp³-hybridized carbons (Fsp3) is 0.290. The number of nitrogens with one attached hydrogen (secondary N) is 1. The summed E-state index contributed by atoms with van der Waals surface area (Å²) in [6.45, 7) is 5.28. The number of hydrogen-bond donors (Lipinski definition) is 2. The van der Waals surface area contributed by atoms with Gasteiger partial charge in [-0.2, -0.15) is 0 Å². The van der Waals surface area contributed by atoms with Gasteiger partial charge in [-0.1, -0.05) is 48.6 Å². The average Bonchev–Trinajstić information content (AvgIpc) is 2.89. The molecular weight excluding hydrogens is 496 g/mol. The molecule has 0 fully saturated rings. The Bertz CT molecular complexity index is 1370. The standard InChI is InChI=1S/C31H32N2O6/c1-31(2,3)39-30(36)27(12-8-7-11-22-9-5-4-6-10-22)32-29(35)25-17-20-28(33(37)38)24(21-25)16-13-23-14-18-26(34)19-15-23/h4-6,9-10,14-15,17-21,27,34H,7-8,11-12H2,1-3H3,(H,32,35). The average molecular weight is 529 g/mol. The van der Waals surface area contributed by atoms with Gasteiger partial charge in [0, 0.05) is 17.2 Å². The largest absolute Gasteiger partial charge is 0.508 e. The van der Waals surface area contributed by atoms with E-state index in [0.29, 0.717) is 18.4 Å². The monoisotopic (exact) mass is 528 g/mol. The Kier molecular flexibility index (Phi) is 9.82. The van der Waals surface area contributed by atoms with Crippen molar-refractivity contribution in [2.45, 2.75) is 58.1 Å². The van der Waals surface area contributed by atoms with Crippen molar-refractivity contribution in [1.29, 1.82) is 0 Å². The molecule has 0 bridgehead atoms. The molecular formula is C31H32N2O6. The van der Waals surface area contributed by atoms with E-state index in [4.69, 9.17) is 4.74 Å². The Morgan fingerprint density at radius 2 is 1.69 bits per heavy atom. The number of nitrogens with zero attached hydrogens (tertiary/aromatic N) is 1. The van der Waals surface area contributed by atoms with Crippen LogP contribution in [0.5, 0.6) is 5.75 Å². The van der Waals surface area contributed by atoms with E-state index in [1.165, 1.54) is 35.9 Å². The number of nitro benzene ring substituents is 1. The summed E-state index contributed by atoms with van der Waals surface area (Å²) in [5.74, 6) is 4.53. The Morgan fingerprint density at radius 1 is 1.00 bits per heavy atom. The second-order valence-corrected chi connectivity index (χ2v) is 10.1. The number of aryl methyl sites for hydroxylation is 1. The first-order chi connectivity index (χ1) is 18.5. The van der Waals surface area contributed by atoms with Gasteiger partial charge in [0.1, 0.15) is 23.0 Å². The van der Waals surface area contributed by atoms with Crippen LogP contribution in [0.25, 0.3) is 0 Å². The zero-order chi connectivity index (χ0) is 28.4. The van der Waals surface area contributed by atoms with Crippen LogP contribution >= 0.6 is 0 Å². The maximum absolute atomic E-state index is 13.2. The van der Waals surface area contributed by atoms with Gasteiger partial charge in [0.15, 0.2) is 0 Å². The van der Waals surface area contributed by atoms with Crippen LogP contribution in [0, 0.1) is 22.0 Å². The highest BCUT2D eigenvalue weighted by Crippen LogP contribution is 2.21. The topological polar surface area (TPSA) is 119 Å². The minimum absolute atomic E-state index is 0.0532. The summed E-state index contributed by atoms with van der Waals surface area (Å²) in [7, 11) is 0. The Hall–Kier alpha value is -4.64. The van der Waals surface area contributed by atoms with Crippen molar-refractivity contribution in [2.75, 3.05) is 0 Å². The molecule has 0 radical (unpaired) electrons. The van der Waals surface area contributed by atoms with Crippen LogP contribution < -0.4 is 5.32 Å². The Balaban J connectivity index is 1.77. The van der Waals surface area contributed by atoms with Gasteiger partial charge in [0.2, 0.25) is 0 Å². The molecule has 0 aromatic heterocycles. The lowest BCUT2D eigenvalue weighted by molar-refractivity contribution is -0.385. The van der Waals surface area contributed by atoms with Crippen LogP contribution in [0.4, 0.5) is 5.69 Å². The molecule has 1 unspecified atom stereocenters. The predicted molar refractivity (Wildman–Crippen MR) is 148 cm³/mol. The summed E-state index contributed by atoms with van der Waals surface area (Å²) in [4.78, 5) is 37.1. The summed E-state index contributed by atoms with van der Waals surface area (Å²) in [6, 6.07) is 19.1. The van der Waals surface area contributed by atoms with Crippen molar-refractivity contribution in [1.82, 2.24) is 5.32 Å².